The Labute approximate surface area is 149 Å². The molecule has 2 aromatic carbocycles. The van der Waals surface area contributed by atoms with Gasteiger partial charge in [-0.15, -0.1) is 0 Å². The molecule has 0 fully saturated rings. The molecule has 1 heterocycles. The highest BCUT2D eigenvalue weighted by Crippen LogP contribution is 2.15. The van der Waals surface area contributed by atoms with Crippen molar-refractivity contribution in [3.05, 3.63) is 71.8 Å². The normalized spacial score (nSPS) is 19.8. The molecule has 24 heavy (non-hydrogen) atoms. The monoisotopic (exact) mass is 362 g/mol. The Bertz CT molecular complexity index is 806. The first-order valence-electron chi connectivity index (χ1n) is 7.29. The van der Waals surface area contributed by atoms with E-state index in [-0.39, 0.29) is 11.7 Å². The molecule has 7 heteroatoms. The molecule has 122 valence electrons. The van der Waals surface area contributed by atoms with E-state index < -0.39 is 10.5 Å². The number of benzene rings is 2. The molecule has 0 aliphatic carbocycles. The van der Waals surface area contributed by atoms with Crippen molar-refractivity contribution in [1.29, 1.82) is 0 Å². The third-order valence-electron chi connectivity index (χ3n) is 3.74. The van der Waals surface area contributed by atoms with E-state index >= 15 is 0 Å². The van der Waals surface area contributed by atoms with Gasteiger partial charge >= 0.3 is 17.3 Å². The fourth-order valence-corrected chi connectivity index (χ4v) is 2.90. The number of amidine groups is 2. The van der Waals surface area contributed by atoms with Gasteiger partial charge in [-0.25, -0.2) is 4.99 Å². The van der Waals surface area contributed by atoms with Crippen molar-refractivity contribution in [2.45, 2.75) is 10.5 Å². The molecule has 0 saturated heterocycles. The zero-order chi connectivity index (χ0) is 17.2. The maximum atomic E-state index is 12.5. The maximum Gasteiger partial charge on any atom is 0.386 e. The van der Waals surface area contributed by atoms with Crippen molar-refractivity contribution in [2.75, 3.05) is 0 Å². The van der Waals surface area contributed by atoms with Gasteiger partial charge in [0, 0.05) is 5.56 Å². The lowest BCUT2D eigenvalue weighted by molar-refractivity contribution is -0.543. The van der Waals surface area contributed by atoms with Crippen LogP contribution in [0.25, 0.3) is 0 Å². The number of hydrogen-bond donors (Lipinski definition) is 4. The van der Waals surface area contributed by atoms with Gasteiger partial charge in [-0.3, -0.25) is 15.8 Å². The molecule has 0 unspecified atom stereocenters. The highest BCUT2D eigenvalue weighted by atomic mass is 35.5. The van der Waals surface area contributed by atoms with Crippen LogP contribution in [0.4, 0.5) is 0 Å². The topological polar surface area (TPSA) is 83.1 Å². The number of nitrogens with two attached hydrogens (primary N) is 1. The largest absolute Gasteiger partial charge is 0.386 e. The van der Waals surface area contributed by atoms with Crippen molar-refractivity contribution in [2.24, 2.45) is 5.73 Å². The van der Waals surface area contributed by atoms with Crippen LogP contribution in [0.3, 0.4) is 0 Å². The van der Waals surface area contributed by atoms with E-state index in [0.717, 1.165) is 5.56 Å². The number of rotatable bonds is 4. The highest BCUT2D eigenvalue weighted by Gasteiger charge is 2.56. The van der Waals surface area contributed by atoms with Crippen LogP contribution < -0.4 is 21.0 Å². The number of amides is 1. The predicted molar refractivity (Wildman–Crippen MR) is 93.8 cm³/mol. The molecule has 1 aliphatic heterocycles. The summed E-state index contributed by atoms with van der Waals surface area (Å²) >= 11 is 12.3. The van der Waals surface area contributed by atoms with Crippen LogP contribution in [0, 0.1) is 0 Å². The van der Waals surface area contributed by atoms with E-state index in [0.29, 0.717) is 11.4 Å². The van der Waals surface area contributed by atoms with E-state index in [1.54, 1.807) is 24.3 Å². The van der Waals surface area contributed by atoms with Crippen LogP contribution in [0.2, 0.25) is 0 Å². The second kappa shape index (κ2) is 6.63. The molecule has 0 saturated carbocycles. The molecule has 0 spiro atoms. The number of halogens is 2. The summed E-state index contributed by atoms with van der Waals surface area (Å²) in [5.74, 6) is 0.502. The van der Waals surface area contributed by atoms with Crippen LogP contribution in [-0.2, 0) is 0 Å². The number of carbonyl (C=O) groups is 1. The number of carbonyl (C=O) groups excluding carboxylic acids is 1. The summed E-state index contributed by atoms with van der Waals surface area (Å²) in [5, 5.41) is 2.80. The van der Waals surface area contributed by atoms with Gasteiger partial charge in [0.15, 0.2) is 4.84 Å². The minimum atomic E-state index is -1.32. The first kappa shape index (κ1) is 16.5. The highest BCUT2D eigenvalue weighted by molar-refractivity contribution is 6.46. The first-order valence-corrected chi connectivity index (χ1v) is 8.16. The molecule has 5 N–H and O–H groups in total. The standard InChI is InChI=1S/C17H14Cl2N4O/c18-15(19)17(23-14(24)12-9-5-2-6-10-12)16(20)21-13(22-17)11-7-3-1-4-8-11/h1-10,15H,(H,23,24)(H2,20,21,22)/p+2/t17-/m1/s1. The second-order valence-electron chi connectivity index (χ2n) is 5.33. The first-order chi connectivity index (χ1) is 11.5. The maximum absolute atomic E-state index is 12.5. The van der Waals surface area contributed by atoms with Crippen molar-refractivity contribution >= 4 is 40.8 Å². The summed E-state index contributed by atoms with van der Waals surface area (Å²) in [4.78, 5) is 17.6. The van der Waals surface area contributed by atoms with Gasteiger partial charge in [0.1, 0.15) is 0 Å². The fraction of sp³-hybridized carbons (Fsp3) is 0.118. The lowest BCUT2D eigenvalue weighted by atomic mass is 10.1. The fourth-order valence-electron chi connectivity index (χ4n) is 2.44. The Balaban J connectivity index is 1.96. The molecule has 0 bridgehead atoms. The molecule has 1 aliphatic rings. The molecule has 2 aromatic rings. The van der Waals surface area contributed by atoms with Crippen molar-refractivity contribution in [1.82, 2.24) is 5.32 Å². The van der Waals surface area contributed by atoms with Gasteiger partial charge < -0.3 is 0 Å². The van der Waals surface area contributed by atoms with Crippen molar-refractivity contribution in [3.63, 3.8) is 0 Å². The Kier molecular flexibility index (Phi) is 4.55. The van der Waals surface area contributed by atoms with Gasteiger partial charge in [-0.1, -0.05) is 59.6 Å². The minimum absolute atomic E-state index is 0.223. The second-order valence-corrected chi connectivity index (χ2v) is 6.43. The minimum Gasteiger partial charge on any atom is -0.291 e. The van der Waals surface area contributed by atoms with E-state index in [1.165, 1.54) is 0 Å². The van der Waals surface area contributed by atoms with Gasteiger partial charge in [0.25, 0.3) is 5.91 Å². The Hall–Kier alpha value is -2.37. The summed E-state index contributed by atoms with van der Waals surface area (Å²) in [6.45, 7) is 0. The summed E-state index contributed by atoms with van der Waals surface area (Å²) in [7, 11) is 0. The molecule has 0 aromatic heterocycles. The third kappa shape index (κ3) is 3.00. The van der Waals surface area contributed by atoms with E-state index in [9.17, 15) is 4.79 Å². The Morgan fingerprint density at radius 3 is 2.21 bits per heavy atom. The van der Waals surface area contributed by atoms with Crippen molar-refractivity contribution in [3.8, 4) is 0 Å². The molecule has 1 amide bonds. The molecule has 3 rings (SSSR count). The summed E-state index contributed by atoms with van der Waals surface area (Å²) in [6, 6.07) is 18.3. The number of alkyl halides is 2. The number of nitrogens with one attached hydrogen (secondary N) is 3. The molecule has 0 radical (unpaired) electrons. The van der Waals surface area contributed by atoms with Gasteiger partial charge in [0.2, 0.25) is 0 Å². The average molecular weight is 363 g/mol. The molecular weight excluding hydrogens is 347 g/mol. The number of hydrogen-bond acceptors (Lipinski definition) is 2. The van der Waals surface area contributed by atoms with E-state index in [2.05, 4.69) is 15.3 Å². The SMILES string of the molecule is NC1=[NH+]C(c2ccccc2)=[NH+][C@@]1(NC(=O)c1ccccc1)C(Cl)Cl. The van der Waals surface area contributed by atoms with Crippen LogP contribution in [0.1, 0.15) is 15.9 Å². The van der Waals surface area contributed by atoms with Crippen LogP contribution in [-0.4, -0.2) is 28.1 Å². The van der Waals surface area contributed by atoms with Crippen LogP contribution in [0.15, 0.2) is 60.7 Å². The quantitative estimate of drug-likeness (QED) is 0.520. The van der Waals surface area contributed by atoms with Gasteiger partial charge in [-0.05, 0) is 24.3 Å². The summed E-state index contributed by atoms with van der Waals surface area (Å²) in [6.07, 6.45) is 0. The van der Waals surface area contributed by atoms with Gasteiger partial charge in [0.05, 0.1) is 5.56 Å². The van der Waals surface area contributed by atoms with E-state index in [4.69, 9.17) is 28.9 Å². The third-order valence-corrected chi connectivity index (χ3v) is 4.40. The van der Waals surface area contributed by atoms with Gasteiger partial charge in [-0.2, -0.15) is 4.99 Å². The molecular formula is C17H16Cl2N4O+2. The Morgan fingerprint density at radius 1 is 1.04 bits per heavy atom. The zero-order valence-corrected chi connectivity index (χ0v) is 14.1. The molecule has 1 atom stereocenters. The summed E-state index contributed by atoms with van der Waals surface area (Å²) < 4.78 is 0. The Morgan fingerprint density at radius 2 is 1.62 bits per heavy atom. The summed E-state index contributed by atoms with van der Waals surface area (Å²) in [5.41, 5.74) is 6.14. The van der Waals surface area contributed by atoms with Crippen molar-refractivity contribution < 1.29 is 14.8 Å². The average Bonchev–Trinajstić information content (AvgIpc) is 2.94. The smallest absolute Gasteiger partial charge is 0.291 e. The van der Waals surface area contributed by atoms with E-state index in [1.807, 2.05) is 36.4 Å². The predicted octanol–water partition coefficient (Wildman–Crippen LogP) is -1.10. The van der Waals surface area contributed by atoms with Crippen LogP contribution >= 0.6 is 23.2 Å². The molecule has 5 nitrogen and oxygen atoms in total. The zero-order valence-electron chi connectivity index (χ0n) is 12.6. The lowest BCUT2D eigenvalue weighted by Crippen LogP contribution is -2.96. The van der Waals surface area contributed by atoms with Crippen LogP contribution in [0.5, 0.6) is 0 Å². The lowest BCUT2D eigenvalue weighted by Gasteiger charge is -2.20.